The van der Waals surface area contributed by atoms with Gasteiger partial charge in [-0.15, -0.1) is 16.0 Å². The Morgan fingerprint density at radius 2 is 1.47 bits per heavy atom. The fourth-order valence-corrected chi connectivity index (χ4v) is 1.70. The van der Waals surface area contributed by atoms with Crippen LogP contribution in [0.5, 0.6) is 0 Å². The molecule has 0 bridgehead atoms. The largest absolute Gasteiger partial charge is 0.694 e. The van der Waals surface area contributed by atoms with Crippen molar-refractivity contribution in [1.29, 1.82) is 0 Å². The van der Waals surface area contributed by atoms with Crippen molar-refractivity contribution in [2.75, 3.05) is 6.61 Å². The van der Waals surface area contributed by atoms with Crippen LogP contribution in [0.15, 0.2) is 12.7 Å². The molecule has 0 rings (SSSR count). The van der Waals surface area contributed by atoms with E-state index in [1.807, 2.05) is 6.08 Å². The second-order valence-electron chi connectivity index (χ2n) is 4.62. The zero-order valence-corrected chi connectivity index (χ0v) is 13.7. The lowest BCUT2D eigenvalue weighted by Gasteiger charge is -1.99. The van der Waals surface area contributed by atoms with E-state index >= 15 is 0 Å². The molecule has 0 fully saturated rings. The van der Waals surface area contributed by atoms with Crippen molar-refractivity contribution in [3.8, 4) is 0 Å². The van der Waals surface area contributed by atoms with Gasteiger partial charge in [0, 0.05) is 4.57 Å². The van der Waals surface area contributed by atoms with Crippen molar-refractivity contribution in [2.45, 2.75) is 78.1 Å². The number of hydrogen-bond donors (Lipinski definition) is 1. The minimum absolute atomic E-state index is 0.405. The molecule has 1 atom stereocenters. The lowest BCUT2D eigenvalue weighted by molar-refractivity contribution is 0.273. The van der Waals surface area contributed by atoms with Gasteiger partial charge in [-0.2, -0.15) is 0 Å². The van der Waals surface area contributed by atoms with Crippen molar-refractivity contribution in [3.63, 3.8) is 0 Å². The summed E-state index contributed by atoms with van der Waals surface area (Å²) in [7, 11) is -2.39. The Labute approximate surface area is 120 Å². The van der Waals surface area contributed by atoms with E-state index in [1.165, 1.54) is 44.9 Å². The van der Waals surface area contributed by atoms with Crippen LogP contribution >= 0.6 is 8.25 Å². The molecule has 0 radical (unpaired) electrons. The maximum absolute atomic E-state index is 10.2. The van der Waals surface area contributed by atoms with E-state index in [9.17, 15) is 4.57 Å². The smallest absolute Gasteiger partial charge is 0.133 e. The standard InChI is InChI=1S/C11H21O3P.C4H10/c1-2-3-4-5-6-7-8-9-10-11-14-15(12)13;1-3-4-2/h2H,1,3-11H2;3-4H2,1-2H3/p+1. The Kier molecular flexibility index (Phi) is 22.3. The number of allylic oxidation sites excluding steroid dienone is 1. The van der Waals surface area contributed by atoms with Gasteiger partial charge in [0.05, 0.1) is 0 Å². The molecule has 114 valence electrons. The second-order valence-corrected chi connectivity index (χ2v) is 5.36. The molecular weight excluding hydrogens is 259 g/mol. The molecule has 0 aliphatic heterocycles. The lowest BCUT2D eigenvalue weighted by atomic mass is 10.1. The first-order chi connectivity index (χ1) is 9.18. The van der Waals surface area contributed by atoms with Gasteiger partial charge in [-0.05, 0) is 19.3 Å². The molecule has 4 heteroatoms. The monoisotopic (exact) mass is 291 g/mol. The fraction of sp³-hybridized carbons (Fsp3) is 0.867. The third kappa shape index (κ3) is 27.1. The topological polar surface area (TPSA) is 46.5 Å². The zero-order valence-electron chi connectivity index (χ0n) is 12.8. The molecule has 0 aromatic heterocycles. The molecule has 19 heavy (non-hydrogen) atoms. The van der Waals surface area contributed by atoms with E-state index in [4.69, 9.17) is 4.89 Å². The molecule has 0 saturated carbocycles. The number of unbranched alkanes of at least 4 members (excludes halogenated alkanes) is 8. The Balaban J connectivity index is 0. The molecule has 0 saturated heterocycles. The Morgan fingerprint density at radius 1 is 1.00 bits per heavy atom. The van der Waals surface area contributed by atoms with Crippen molar-refractivity contribution >= 4 is 8.25 Å². The third-order valence-corrected chi connectivity index (χ3v) is 3.16. The highest BCUT2D eigenvalue weighted by Crippen LogP contribution is 2.15. The molecule has 0 aliphatic carbocycles. The van der Waals surface area contributed by atoms with Gasteiger partial charge in [0.1, 0.15) is 6.61 Å². The van der Waals surface area contributed by atoms with E-state index < -0.39 is 8.25 Å². The van der Waals surface area contributed by atoms with E-state index in [1.54, 1.807) is 0 Å². The van der Waals surface area contributed by atoms with Gasteiger partial charge >= 0.3 is 8.25 Å². The predicted molar refractivity (Wildman–Crippen MR) is 83.5 cm³/mol. The van der Waals surface area contributed by atoms with Crippen molar-refractivity contribution in [3.05, 3.63) is 12.7 Å². The minimum Gasteiger partial charge on any atom is -0.133 e. The zero-order chi connectivity index (χ0) is 14.8. The molecule has 0 aromatic rings. The van der Waals surface area contributed by atoms with Crippen molar-refractivity contribution in [1.82, 2.24) is 0 Å². The van der Waals surface area contributed by atoms with Crippen LogP contribution in [0.25, 0.3) is 0 Å². The Morgan fingerprint density at radius 3 is 1.89 bits per heavy atom. The Hall–Kier alpha value is -0.240. The van der Waals surface area contributed by atoms with Gasteiger partial charge in [-0.25, -0.2) is 0 Å². The summed E-state index contributed by atoms with van der Waals surface area (Å²) in [4.78, 5) is 8.35. The highest BCUT2D eigenvalue weighted by atomic mass is 31.1. The van der Waals surface area contributed by atoms with E-state index in [2.05, 4.69) is 25.0 Å². The van der Waals surface area contributed by atoms with Crippen LogP contribution in [-0.4, -0.2) is 11.5 Å². The quantitative estimate of drug-likeness (QED) is 0.282. The second kappa shape index (κ2) is 20.1. The number of rotatable bonds is 12. The van der Waals surface area contributed by atoms with Gasteiger partial charge in [-0.3, -0.25) is 0 Å². The van der Waals surface area contributed by atoms with E-state index in [0.717, 1.165) is 19.3 Å². The summed E-state index contributed by atoms with van der Waals surface area (Å²) in [6.45, 7) is 8.45. The third-order valence-electron chi connectivity index (χ3n) is 2.75. The van der Waals surface area contributed by atoms with Gasteiger partial charge in [-0.1, -0.05) is 64.9 Å². The maximum Gasteiger partial charge on any atom is 0.694 e. The first-order valence-electron chi connectivity index (χ1n) is 7.58. The predicted octanol–water partition coefficient (Wildman–Crippen LogP) is 5.77. The fourth-order valence-electron chi connectivity index (χ4n) is 1.42. The average Bonchev–Trinajstić information content (AvgIpc) is 2.41. The van der Waals surface area contributed by atoms with E-state index in [0.29, 0.717) is 6.61 Å². The maximum atomic E-state index is 10.2. The van der Waals surface area contributed by atoms with Gasteiger partial charge in [0.15, 0.2) is 0 Å². The molecule has 1 unspecified atom stereocenters. The normalized spacial score (nSPS) is 10.6. The summed E-state index contributed by atoms with van der Waals surface area (Å²) in [5.41, 5.74) is 0. The molecule has 0 aromatic carbocycles. The average molecular weight is 291 g/mol. The molecule has 0 amide bonds. The molecule has 3 nitrogen and oxygen atoms in total. The summed E-state index contributed by atoms with van der Waals surface area (Å²) in [5, 5.41) is 0. The number of hydrogen-bond acceptors (Lipinski definition) is 2. The van der Waals surface area contributed by atoms with Gasteiger partial charge in [0.2, 0.25) is 0 Å². The summed E-state index contributed by atoms with van der Waals surface area (Å²) in [6, 6.07) is 0. The van der Waals surface area contributed by atoms with E-state index in [-0.39, 0.29) is 0 Å². The van der Waals surface area contributed by atoms with Crippen LogP contribution in [0, 0.1) is 0 Å². The SMILES string of the molecule is C=CCCCCCCCCCO[P+](=O)O.CCCC. The highest BCUT2D eigenvalue weighted by molar-refractivity contribution is 7.32. The van der Waals surface area contributed by atoms with Crippen molar-refractivity contribution < 1.29 is 14.0 Å². The summed E-state index contributed by atoms with van der Waals surface area (Å²) in [5.74, 6) is 0. The first kappa shape index (κ1) is 21.1. The van der Waals surface area contributed by atoms with Gasteiger partial charge < -0.3 is 0 Å². The molecule has 0 heterocycles. The van der Waals surface area contributed by atoms with Gasteiger partial charge in [0.25, 0.3) is 0 Å². The van der Waals surface area contributed by atoms with Crippen molar-refractivity contribution in [2.24, 2.45) is 0 Å². The Bertz CT molecular complexity index is 194. The molecular formula is C15H32O3P+. The van der Waals surface area contributed by atoms with Crippen LogP contribution in [0.3, 0.4) is 0 Å². The lowest BCUT2D eigenvalue weighted by Crippen LogP contribution is -1.87. The van der Waals surface area contributed by atoms with Crippen LogP contribution in [0.2, 0.25) is 0 Å². The molecule has 1 N–H and O–H groups in total. The van der Waals surface area contributed by atoms with Crippen LogP contribution in [-0.2, 0) is 9.09 Å². The summed E-state index contributed by atoms with van der Waals surface area (Å²) >= 11 is 0. The van der Waals surface area contributed by atoms with Crippen LogP contribution < -0.4 is 0 Å². The van der Waals surface area contributed by atoms with Crippen LogP contribution in [0.1, 0.15) is 78.1 Å². The molecule has 0 spiro atoms. The first-order valence-corrected chi connectivity index (χ1v) is 8.71. The highest BCUT2D eigenvalue weighted by Gasteiger charge is 2.09. The minimum atomic E-state index is -2.39. The summed E-state index contributed by atoms with van der Waals surface area (Å²) in [6.07, 6.45) is 14.0. The van der Waals surface area contributed by atoms with Crippen LogP contribution in [0.4, 0.5) is 0 Å². The summed E-state index contributed by atoms with van der Waals surface area (Å²) < 4.78 is 14.7. The molecule has 0 aliphatic rings.